The number of hydrogen-bond donors (Lipinski definition) is 0. The average molecular weight is 426 g/mol. The van der Waals surface area contributed by atoms with E-state index >= 15 is 0 Å². The molecule has 0 radical (unpaired) electrons. The van der Waals surface area contributed by atoms with Crippen LogP contribution in [-0.4, -0.2) is 4.98 Å². The summed E-state index contributed by atoms with van der Waals surface area (Å²) in [6.45, 7) is 17.9. The number of rotatable bonds is 4. The molecule has 0 spiro atoms. The number of pyridine rings is 1. The highest BCUT2D eigenvalue weighted by atomic mass is 16.3. The maximum atomic E-state index is 6.25. The van der Waals surface area contributed by atoms with Crippen LogP contribution in [0.15, 0.2) is 59.0 Å². The minimum absolute atomic E-state index is 0.100. The van der Waals surface area contributed by atoms with Gasteiger partial charge in [0.25, 0.3) is 0 Å². The molecule has 2 heterocycles. The summed E-state index contributed by atoms with van der Waals surface area (Å²) in [7, 11) is 0. The minimum atomic E-state index is 0.100. The summed E-state index contributed by atoms with van der Waals surface area (Å²) in [5.74, 6) is 1.83. The zero-order valence-electron chi connectivity index (χ0n) is 20.7. The van der Waals surface area contributed by atoms with Crippen molar-refractivity contribution in [3.63, 3.8) is 0 Å². The molecular weight excluding hydrogens is 390 g/mol. The Kier molecular flexibility index (Phi) is 5.75. The molecule has 0 saturated heterocycles. The quantitative estimate of drug-likeness (QED) is 0.326. The van der Waals surface area contributed by atoms with Crippen LogP contribution >= 0.6 is 0 Å². The Morgan fingerprint density at radius 3 is 2.00 bits per heavy atom. The molecule has 2 aromatic carbocycles. The Labute approximate surface area is 192 Å². The zero-order chi connectivity index (χ0) is 23.2. The lowest BCUT2D eigenvalue weighted by atomic mass is 9.85. The van der Waals surface area contributed by atoms with Crippen molar-refractivity contribution in [2.75, 3.05) is 0 Å². The SMILES string of the molecule is Cc1cc(-c2ccc3oc(-c4cc(C(C)C)cc(C(C)C)c4)cc3n2)cc(C(C)(C)C)c1. The number of benzene rings is 2. The fourth-order valence-corrected chi connectivity index (χ4v) is 4.08. The van der Waals surface area contributed by atoms with Crippen LogP contribution in [0.1, 0.15) is 82.6 Å². The number of nitrogens with zero attached hydrogens (tertiary/aromatic N) is 1. The molecule has 0 aliphatic heterocycles. The molecule has 0 aliphatic rings. The van der Waals surface area contributed by atoms with E-state index in [9.17, 15) is 0 Å². The summed E-state index contributed by atoms with van der Waals surface area (Å²) < 4.78 is 6.25. The van der Waals surface area contributed by atoms with Crippen LogP contribution in [0.2, 0.25) is 0 Å². The van der Waals surface area contributed by atoms with Gasteiger partial charge in [-0.3, -0.25) is 0 Å². The van der Waals surface area contributed by atoms with Crippen molar-refractivity contribution in [1.29, 1.82) is 0 Å². The van der Waals surface area contributed by atoms with Gasteiger partial charge in [-0.05, 0) is 77.3 Å². The van der Waals surface area contributed by atoms with E-state index in [1.54, 1.807) is 0 Å². The molecule has 0 N–H and O–H groups in total. The molecule has 0 aliphatic carbocycles. The van der Waals surface area contributed by atoms with Gasteiger partial charge in [-0.1, -0.05) is 66.2 Å². The second-order valence-electron chi connectivity index (χ2n) is 10.7. The Bertz CT molecular complexity index is 1240. The molecule has 0 amide bonds. The van der Waals surface area contributed by atoms with E-state index in [0.29, 0.717) is 11.8 Å². The molecule has 32 heavy (non-hydrogen) atoms. The molecule has 0 bridgehead atoms. The van der Waals surface area contributed by atoms with E-state index in [0.717, 1.165) is 33.7 Å². The Balaban J connectivity index is 1.79. The normalized spacial score (nSPS) is 12.3. The largest absolute Gasteiger partial charge is 0.454 e. The summed E-state index contributed by atoms with van der Waals surface area (Å²) in [6, 6.07) is 19.8. The van der Waals surface area contributed by atoms with E-state index in [2.05, 4.69) is 110 Å². The fourth-order valence-electron chi connectivity index (χ4n) is 4.08. The molecule has 2 heteroatoms. The van der Waals surface area contributed by atoms with E-state index < -0.39 is 0 Å². The number of hydrogen-bond acceptors (Lipinski definition) is 2. The van der Waals surface area contributed by atoms with Gasteiger partial charge in [-0.25, -0.2) is 4.98 Å². The van der Waals surface area contributed by atoms with Crippen LogP contribution in [0.4, 0.5) is 0 Å². The maximum absolute atomic E-state index is 6.25. The van der Waals surface area contributed by atoms with Crippen molar-refractivity contribution in [3.8, 4) is 22.6 Å². The Hall–Kier alpha value is -2.87. The summed E-state index contributed by atoms with van der Waals surface area (Å²) >= 11 is 0. The predicted octanol–water partition coefficient (Wildman–Crippen LogP) is 9.01. The molecule has 4 aromatic rings. The van der Waals surface area contributed by atoms with Crippen LogP contribution in [0.3, 0.4) is 0 Å². The molecule has 166 valence electrons. The monoisotopic (exact) mass is 425 g/mol. The third kappa shape index (κ3) is 4.50. The Morgan fingerprint density at radius 2 is 1.41 bits per heavy atom. The van der Waals surface area contributed by atoms with Crippen LogP contribution in [0, 0.1) is 6.92 Å². The van der Waals surface area contributed by atoms with Crippen LogP contribution in [0.5, 0.6) is 0 Å². The van der Waals surface area contributed by atoms with Crippen LogP contribution in [0.25, 0.3) is 33.7 Å². The molecule has 2 nitrogen and oxygen atoms in total. The smallest absolute Gasteiger partial charge is 0.153 e. The fraction of sp³-hybridized carbons (Fsp3) is 0.367. The lowest BCUT2D eigenvalue weighted by Crippen LogP contribution is -2.11. The van der Waals surface area contributed by atoms with Crippen molar-refractivity contribution < 1.29 is 4.42 Å². The highest BCUT2D eigenvalue weighted by molar-refractivity contribution is 5.82. The van der Waals surface area contributed by atoms with E-state index in [-0.39, 0.29) is 5.41 Å². The van der Waals surface area contributed by atoms with Gasteiger partial charge in [0.05, 0.1) is 5.69 Å². The van der Waals surface area contributed by atoms with Crippen LogP contribution in [-0.2, 0) is 5.41 Å². The van der Waals surface area contributed by atoms with Crippen molar-refractivity contribution in [1.82, 2.24) is 4.98 Å². The zero-order valence-corrected chi connectivity index (χ0v) is 20.7. The van der Waals surface area contributed by atoms with E-state index in [4.69, 9.17) is 9.40 Å². The van der Waals surface area contributed by atoms with E-state index in [1.807, 2.05) is 0 Å². The summed E-state index contributed by atoms with van der Waals surface area (Å²) in [6.07, 6.45) is 0. The van der Waals surface area contributed by atoms with Gasteiger partial charge in [0, 0.05) is 17.2 Å². The maximum Gasteiger partial charge on any atom is 0.153 e. The molecular formula is C30H35NO. The second-order valence-corrected chi connectivity index (χ2v) is 10.7. The number of aryl methyl sites for hydroxylation is 1. The highest BCUT2D eigenvalue weighted by Gasteiger charge is 2.17. The summed E-state index contributed by atoms with van der Waals surface area (Å²) in [5.41, 5.74) is 10.4. The molecule has 0 saturated carbocycles. The second kappa shape index (κ2) is 8.24. The predicted molar refractivity (Wildman–Crippen MR) is 136 cm³/mol. The lowest BCUT2D eigenvalue weighted by molar-refractivity contribution is 0.590. The number of aromatic nitrogens is 1. The van der Waals surface area contributed by atoms with Gasteiger partial charge in [0.2, 0.25) is 0 Å². The first-order chi connectivity index (χ1) is 15.0. The number of furan rings is 1. The average Bonchev–Trinajstić information content (AvgIpc) is 3.15. The third-order valence-electron chi connectivity index (χ3n) is 6.21. The molecule has 0 unspecified atom stereocenters. The van der Waals surface area contributed by atoms with Crippen molar-refractivity contribution in [2.45, 2.75) is 72.6 Å². The molecule has 2 aromatic heterocycles. The van der Waals surface area contributed by atoms with Gasteiger partial charge < -0.3 is 4.42 Å². The standard InChI is InChI=1S/C30H35NO/c1-18(2)21-13-22(19(3)4)15-24(14-21)29-17-27-28(32-29)10-9-26(31-27)23-11-20(5)12-25(16-23)30(6,7)8/h9-19H,1-8H3. The van der Waals surface area contributed by atoms with Crippen LogP contribution < -0.4 is 0 Å². The number of fused-ring (bicyclic) bond motifs is 1. The minimum Gasteiger partial charge on any atom is -0.454 e. The summed E-state index contributed by atoms with van der Waals surface area (Å²) in [5, 5.41) is 0. The lowest BCUT2D eigenvalue weighted by Gasteiger charge is -2.20. The van der Waals surface area contributed by atoms with Gasteiger partial charge >= 0.3 is 0 Å². The summed E-state index contributed by atoms with van der Waals surface area (Å²) in [4.78, 5) is 4.98. The Morgan fingerprint density at radius 1 is 0.750 bits per heavy atom. The van der Waals surface area contributed by atoms with Crippen molar-refractivity contribution in [3.05, 3.63) is 76.9 Å². The van der Waals surface area contributed by atoms with Gasteiger partial charge in [0.15, 0.2) is 5.58 Å². The van der Waals surface area contributed by atoms with Crippen molar-refractivity contribution >= 4 is 11.1 Å². The molecule has 0 atom stereocenters. The first kappa shape index (κ1) is 22.3. The molecule has 4 rings (SSSR count). The third-order valence-corrected chi connectivity index (χ3v) is 6.21. The first-order valence-electron chi connectivity index (χ1n) is 11.7. The van der Waals surface area contributed by atoms with Gasteiger partial charge in [-0.15, -0.1) is 0 Å². The van der Waals surface area contributed by atoms with E-state index in [1.165, 1.54) is 22.3 Å². The highest BCUT2D eigenvalue weighted by Crippen LogP contribution is 2.34. The first-order valence-corrected chi connectivity index (χ1v) is 11.7. The van der Waals surface area contributed by atoms with Gasteiger partial charge in [-0.2, -0.15) is 0 Å². The van der Waals surface area contributed by atoms with Crippen molar-refractivity contribution in [2.24, 2.45) is 0 Å². The molecule has 0 fully saturated rings. The van der Waals surface area contributed by atoms with Gasteiger partial charge in [0.1, 0.15) is 11.3 Å². The topological polar surface area (TPSA) is 26.0 Å².